The van der Waals surface area contributed by atoms with Crippen LogP contribution in [0.4, 0.5) is 5.13 Å². The highest BCUT2D eigenvalue weighted by atomic mass is 32.1. The van der Waals surface area contributed by atoms with E-state index in [1.54, 1.807) is 12.1 Å². The summed E-state index contributed by atoms with van der Waals surface area (Å²) in [6.45, 7) is 0. The fourth-order valence-corrected chi connectivity index (χ4v) is 3.29. The molecule has 0 unspecified atom stereocenters. The van der Waals surface area contributed by atoms with Crippen molar-refractivity contribution in [1.82, 2.24) is 4.98 Å². The molecule has 0 bridgehead atoms. The molecule has 1 aromatic heterocycles. The van der Waals surface area contributed by atoms with Gasteiger partial charge in [-0.1, -0.05) is 24.3 Å². The first kappa shape index (κ1) is 14.6. The molecule has 5 nitrogen and oxygen atoms in total. The van der Waals surface area contributed by atoms with E-state index in [-0.39, 0.29) is 11.5 Å². The van der Waals surface area contributed by atoms with E-state index in [0.29, 0.717) is 11.6 Å². The number of nitrogens with one attached hydrogen (secondary N) is 1. The second-order valence-electron chi connectivity index (χ2n) is 5.40. The number of aromatic nitrogens is 1. The molecule has 1 heterocycles. The van der Waals surface area contributed by atoms with E-state index in [1.807, 2.05) is 41.8 Å². The number of aromatic hydroxyl groups is 1. The number of hydrazone groups is 1. The number of phenolic OH excluding ortho intramolecular Hbond substituents is 1. The lowest BCUT2D eigenvalue weighted by Crippen LogP contribution is -2.00. The van der Waals surface area contributed by atoms with E-state index in [4.69, 9.17) is 0 Å². The maximum absolute atomic E-state index is 12.0. The molecule has 0 saturated carbocycles. The molecule has 0 amide bonds. The van der Waals surface area contributed by atoms with Crippen LogP contribution in [0, 0.1) is 0 Å². The topological polar surface area (TPSA) is 74.6 Å². The molecule has 0 radical (unpaired) electrons. The Labute approximate surface area is 142 Å². The minimum atomic E-state index is 0.0927. The Morgan fingerprint density at radius 2 is 1.83 bits per heavy atom. The number of rotatable bonds is 3. The lowest BCUT2D eigenvalue weighted by molar-refractivity contribution is 0.101. The lowest BCUT2D eigenvalue weighted by Gasteiger charge is -1.99. The van der Waals surface area contributed by atoms with Gasteiger partial charge in [-0.3, -0.25) is 10.2 Å². The summed E-state index contributed by atoms with van der Waals surface area (Å²) < 4.78 is 0. The number of fused-ring (bicyclic) bond motifs is 1. The zero-order chi connectivity index (χ0) is 16.5. The number of Topliss-reactive ketones (excluding diaryl/α,β-unsaturated/α-hetero) is 1. The van der Waals surface area contributed by atoms with Crippen LogP contribution in [-0.4, -0.2) is 21.6 Å². The van der Waals surface area contributed by atoms with Crippen molar-refractivity contribution in [3.8, 4) is 17.0 Å². The first-order valence-electron chi connectivity index (χ1n) is 7.41. The van der Waals surface area contributed by atoms with Gasteiger partial charge in [-0.15, -0.1) is 11.3 Å². The van der Waals surface area contributed by atoms with Crippen molar-refractivity contribution in [1.29, 1.82) is 0 Å². The van der Waals surface area contributed by atoms with E-state index < -0.39 is 0 Å². The van der Waals surface area contributed by atoms with Crippen molar-refractivity contribution < 1.29 is 9.90 Å². The van der Waals surface area contributed by atoms with Gasteiger partial charge >= 0.3 is 0 Å². The van der Waals surface area contributed by atoms with Gasteiger partial charge in [-0.2, -0.15) is 5.10 Å². The first-order valence-corrected chi connectivity index (χ1v) is 8.29. The number of carbonyl (C=O) groups excluding carboxylic acids is 1. The molecule has 2 N–H and O–H groups in total. The summed E-state index contributed by atoms with van der Waals surface area (Å²) in [4.78, 5) is 16.4. The number of nitrogens with zero attached hydrogens (tertiary/aromatic N) is 2. The van der Waals surface area contributed by atoms with Crippen molar-refractivity contribution in [2.24, 2.45) is 5.10 Å². The largest absolute Gasteiger partial charge is 0.508 e. The highest BCUT2D eigenvalue weighted by Gasteiger charge is 2.24. The van der Waals surface area contributed by atoms with E-state index in [1.165, 1.54) is 11.3 Å². The monoisotopic (exact) mass is 335 g/mol. The summed E-state index contributed by atoms with van der Waals surface area (Å²) in [7, 11) is 0. The molecule has 24 heavy (non-hydrogen) atoms. The molecule has 0 spiro atoms. The Morgan fingerprint density at radius 3 is 2.62 bits per heavy atom. The Bertz CT molecular complexity index is 945. The van der Waals surface area contributed by atoms with Gasteiger partial charge in [-0.05, 0) is 24.3 Å². The van der Waals surface area contributed by atoms with Crippen molar-refractivity contribution in [3.05, 3.63) is 65.0 Å². The summed E-state index contributed by atoms with van der Waals surface area (Å²) in [5.74, 6) is 0.318. The third-order valence-corrected chi connectivity index (χ3v) is 4.57. The van der Waals surface area contributed by atoms with Gasteiger partial charge in [0, 0.05) is 22.1 Å². The van der Waals surface area contributed by atoms with Crippen LogP contribution < -0.4 is 5.43 Å². The van der Waals surface area contributed by atoms with Crippen LogP contribution >= 0.6 is 11.3 Å². The average Bonchev–Trinajstić information content (AvgIpc) is 3.19. The molecule has 1 aliphatic rings. The molecule has 3 aromatic rings. The van der Waals surface area contributed by atoms with Gasteiger partial charge in [0.1, 0.15) is 5.75 Å². The number of hydrogen-bond acceptors (Lipinski definition) is 6. The second kappa shape index (κ2) is 5.90. The minimum absolute atomic E-state index is 0.0927. The standard InChI is InChI=1S/C18H13N3O2S/c22-12-7-5-11(6-8-12)16-10-24-18(19-16)21-20-15-9-17(23)14-4-2-1-3-13(14)15/h1-8,10,22H,9H2,(H,19,21)/b20-15+. The molecular weight excluding hydrogens is 322 g/mol. The van der Waals surface area contributed by atoms with Gasteiger partial charge in [0.25, 0.3) is 0 Å². The van der Waals surface area contributed by atoms with E-state index in [9.17, 15) is 9.90 Å². The zero-order valence-corrected chi connectivity index (χ0v) is 13.4. The summed E-state index contributed by atoms with van der Waals surface area (Å²) in [5.41, 5.74) is 7.01. The number of ketones is 1. The number of hydrogen-bond donors (Lipinski definition) is 2. The predicted molar refractivity (Wildman–Crippen MR) is 94.8 cm³/mol. The smallest absolute Gasteiger partial charge is 0.203 e. The van der Waals surface area contributed by atoms with Crippen LogP contribution in [0.25, 0.3) is 11.3 Å². The van der Waals surface area contributed by atoms with Gasteiger partial charge in [0.15, 0.2) is 5.78 Å². The normalized spacial score (nSPS) is 14.8. The molecule has 0 aliphatic heterocycles. The van der Waals surface area contributed by atoms with Gasteiger partial charge in [0.2, 0.25) is 5.13 Å². The van der Waals surface area contributed by atoms with E-state index in [0.717, 1.165) is 28.1 Å². The molecule has 118 valence electrons. The molecule has 0 atom stereocenters. The Morgan fingerprint density at radius 1 is 1.08 bits per heavy atom. The number of benzene rings is 2. The number of carbonyl (C=O) groups is 1. The lowest BCUT2D eigenvalue weighted by atomic mass is 10.1. The van der Waals surface area contributed by atoms with Crippen molar-refractivity contribution in [2.45, 2.75) is 6.42 Å². The average molecular weight is 335 g/mol. The third kappa shape index (κ3) is 2.68. The van der Waals surface area contributed by atoms with Gasteiger partial charge in [-0.25, -0.2) is 4.98 Å². The predicted octanol–water partition coefficient (Wildman–Crippen LogP) is 3.92. The van der Waals surface area contributed by atoms with Gasteiger partial charge in [0.05, 0.1) is 17.8 Å². The fraction of sp³-hybridized carbons (Fsp3) is 0.0556. The molecule has 1 aliphatic carbocycles. The summed E-state index contributed by atoms with van der Waals surface area (Å²) in [5, 5.41) is 16.3. The van der Waals surface area contributed by atoms with E-state index in [2.05, 4.69) is 15.5 Å². The quantitative estimate of drug-likeness (QED) is 0.712. The molecule has 2 aromatic carbocycles. The number of phenols is 1. The molecule has 4 rings (SSSR count). The summed E-state index contributed by atoms with van der Waals surface area (Å²) in [6, 6.07) is 14.4. The second-order valence-corrected chi connectivity index (χ2v) is 6.26. The van der Waals surface area contributed by atoms with Crippen LogP contribution in [0.15, 0.2) is 59.0 Å². The van der Waals surface area contributed by atoms with Crippen LogP contribution in [0.1, 0.15) is 22.3 Å². The van der Waals surface area contributed by atoms with Crippen LogP contribution in [0.3, 0.4) is 0 Å². The molecule has 0 saturated heterocycles. The van der Waals surface area contributed by atoms with Gasteiger partial charge < -0.3 is 5.11 Å². The SMILES string of the molecule is O=C1C/C(=N\Nc2nc(-c3ccc(O)cc3)cs2)c2ccccc21. The molecular formula is C18H13N3O2S. The third-order valence-electron chi connectivity index (χ3n) is 3.82. The van der Waals surface area contributed by atoms with Crippen molar-refractivity contribution in [2.75, 3.05) is 5.43 Å². The van der Waals surface area contributed by atoms with Crippen LogP contribution in [0.5, 0.6) is 5.75 Å². The van der Waals surface area contributed by atoms with E-state index >= 15 is 0 Å². The Kier molecular flexibility index (Phi) is 3.59. The molecule has 0 fully saturated rings. The zero-order valence-electron chi connectivity index (χ0n) is 12.6. The highest BCUT2D eigenvalue weighted by Crippen LogP contribution is 2.27. The Hall–Kier alpha value is -2.99. The molecule has 6 heteroatoms. The maximum atomic E-state index is 12.0. The van der Waals surface area contributed by atoms with Crippen molar-refractivity contribution in [3.63, 3.8) is 0 Å². The fourth-order valence-electron chi connectivity index (χ4n) is 2.63. The van der Waals surface area contributed by atoms with Crippen molar-refractivity contribution >= 4 is 28.0 Å². The Balaban J connectivity index is 1.55. The number of thiazole rings is 1. The number of anilines is 1. The first-order chi connectivity index (χ1) is 11.7. The highest BCUT2D eigenvalue weighted by molar-refractivity contribution is 7.14. The van der Waals surface area contributed by atoms with Crippen LogP contribution in [-0.2, 0) is 0 Å². The summed E-state index contributed by atoms with van der Waals surface area (Å²) in [6.07, 6.45) is 0.308. The van der Waals surface area contributed by atoms with Crippen LogP contribution in [0.2, 0.25) is 0 Å². The maximum Gasteiger partial charge on any atom is 0.203 e. The minimum Gasteiger partial charge on any atom is -0.508 e. The summed E-state index contributed by atoms with van der Waals surface area (Å²) >= 11 is 1.44.